The quantitative estimate of drug-likeness (QED) is 0.909. The van der Waals surface area contributed by atoms with Crippen molar-refractivity contribution in [2.45, 2.75) is 12.8 Å². The monoisotopic (exact) mass is 285 g/mol. The molecule has 0 amide bonds. The second-order valence-corrected chi connectivity index (χ2v) is 3.98. The van der Waals surface area contributed by atoms with E-state index in [9.17, 15) is 18.3 Å². The first kappa shape index (κ1) is 14.1. The molecule has 0 aliphatic rings. The van der Waals surface area contributed by atoms with Crippen LogP contribution in [0.5, 0.6) is 17.4 Å². The van der Waals surface area contributed by atoms with Crippen LogP contribution >= 0.6 is 0 Å². The van der Waals surface area contributed by atoms with Crippen LogP contribution in [0.2, 0.25) is 0 Å². The van der Waals surface area contributed by atoms with Crippen molar-refractivity contribution in [2.24, 2.45) is 0 Å². The zero-order chi connectivity index (χ0) is 14.8. The third-order valence-corrected chi connectivity index (χ3v) is 2.42. The SMILES string of the molecule is OCc1cc(O)cc(Oc2ccc(C(F)(F)F)cn2)c1. The zero-order valence-electron chi connectivity index (χ0n) is 10.1. The first-order chi connectivity index (χ1) is 9.38. The van der Waals surface area contributed by atoms with Gasteiger partial charge in [0.1, 0.15) is 11.5 Å². The van der Waals surface area contributed by atoms with E-state index in [1.165, 1.54) is 18.2 Å². The van der Waals surface area contributed by atoms with Gasteiger partial charge in [0.05, 0.1) is 12.2 Å². The molecule has 2 N–H and O–H groups in total. The Kier molecular flexibility index (Phi) is 3.80. The van der Waals surface area contributed by atoms with Crippen LogP contribution in [0.3, 0.4) is 0 Å². The molecule has 20 heavy (non-hydrogen) atoms. The largest absolute Gasteiger partial charge is 0.508 e. The number of hydrogen-bond donors (Lipinski definition) is 2. The number of aromatic nitrogens is 1. The summed E-state index contributed by atoms with van der Waals surface area (Å²) in [5.41, 5.74) is -0.469. The first-order valence-corrected chi connectivity index (χ1v) is 5.53. The minimum Gasteiger partial charge on any atom is -0.508 e. The lowest BCUT2D eigenvalue weighted by atomic mass is 10.2. The molecule has 0 aliphatic heterocycles. The number of alkyl halides is 3. The minimum absolute atomic E-state index is 0.0486. The molecule has 2 rings (SSSR count). The van der Waals surface area contributed by atoms with Gasteiger partial charge in [0.2, 0.25) is 5.88 Å². The molecule has 4 nitrogen and oxygen atoms in total. The topological polar surface area (TPSA) is 62.6 Å². The van der Waals surface area contributed by atoms with Gasteiger partial charge in [-0.1, -0.05) is 0 Å². The highest BCUT2D eigenvalue weighted by Crippen LogP contribution is 2.30. The number of phenols is 1. The van der Waals surface area contributed by atoms with Crippen molar-refractivity contribution < 1.29 is 28.1 Å². The van der Waals surface area contributed by atoms with Crippen molar-refractivity contribution in [1.29, 1.82) is 0 Å². The number of hydrogen-bond acceptors (Lipinski definition) is 4. The van der Waals surface area contributed by atoms with E-state index in [1.807, 2.05) is 0 Å². The van der Waals surface area contributed by atoms with E-state index in [4.69, 9.17) is 9.84 Å². The van der Waals surface area contributed by atoms with Crippen LogP contribution in [0.4, 0.5) is 13.2 Å². The molecule has 0 radical (unpaired) electrons. The molecule has 0 fully saturated rings. The van der Waals surface area contributed by atoms with Crippen LogP contribution in [-0.4, -0.2) is 15.2 Å². The van der Waals surface area contributed by atoms with Crippen LogP contribution in [0.1, 0.15) is 11.1 Å². The summed E-state index contributed by atoms with van der Waals surface area (Å²) in [4.78, 5) is 3.54. The van der Waals surface area contributed by atoms with Gasteiger partial charge in [-0.2, -0.15) is 13.2 Å². The third-order valence-electron chi connectivity index (χ3n) is 2.42. The third kappa shape index (κ3) is 3.39. The molecule has 0 unspecified atom stereocenters. The standard InChI is InChI=1S/C13H10F3NO3/c14-13(15,16)9-1-2-12(17-6-9)20-11-4-8(7-18)3-10(19)5-11/h1-6,18-19H,7H2. The van der Waals surface area contributed by atoms with Gasteiger partial charge < -0.3 is 14.9 Å². The van der Waals surface area contributed by atoms with Gasteiger partial charge in [0, 0.05) is 18.3 Å². The number of rotatable bonds is 3. The fraction of sp³-hybridized carbons (Fsp3) is 0.154. The summed E-state index contributed by atoms with van der Waals surface area (Å²) in [6.07, 6.45) is -3.80. The Morgan fingerprint density at radius 1 is 1.15 bits per heavy atom. The van der Waals surface area contributed by atoms with E-state index in [1.54, 1.807) is 0 Å². The fourth-order valence-corrected chi connectivity index (χ4v) is 1.52. The second kappa shape index (κ2) is 5.38. The maximum atomic E-state index is 12.4. The summed E-state index contributed by atoms with van der Waals surface area (Å²) < 4.78 is 42.3. The van der Waals surface area contributed by atoms with E-state index < -0.39 is 11.7 Å². The van der Waals surface area contributed by atoms with Crippen LogP contribution in [0.15, 0.2) is 36.5 Å². The lowest BCUT2D eigenvalue weighted by Crippen LogP contribution is -2.05. The highest BCUT2D eigenvalue weighted by Gasteiger charge is 2.30. The van der Waals surface area contributed by atoms with Gasteiger partial charge in [0.25, 0.3) is 0 Å². The molecule has 106 valence electrons. The van der Waals surface area contributed by atoms with Crippen LogP contribution < -0.4 is 4.74 Å². The van der Waals surface area contributed by atoms with Gasteiger partial charge in [-0.3, -0.25) is 0 Å². The number of aliphatic hydroxyl groups excluding tert-OH is 1. The number of halogens is 3. The van der Waals surface area contributed by atoms with Gasteiger partial charge in [-0.25, -0.2) is 4.98 Å². The Morgan fingerprint density at radius 2 is 1.90 bits per heavy atom. The molecule has 2 aromatic rings. The predicted molar refractivity (Wildman–Crippen MR) is 63.3 cm³/mol. The Labute approximate surface area is 112 Å². The van der Waals surface area contributed by atoms with Crippen LogP contribution in [-0.2, 0) is 12.8 Å². The molecule has 7 heteroatoms. The van der Waals surface area contributed by atoms with Crippen LogP contribution in [0, 0.1) is 0 Å². The molecule has 1 aromatic carbocycles. The average molecular weight is 285 g/mol. The molecular formula is C13H10F3NO3. The first-order valence-electron chi connectivity index (χ1n) is 5.53. The number of aromatic hydroxyl groups is 1. The van der Waals surface area contributed by atoms with E-state index in [2.05, 4.69) is 4.98 Å². The van der Waals surface area contributed by atoms with Crippen molar-refractivity contribution in [3.8, 4) is 17.4 Å². The van der Waals surface area contributed by atoms with Crippen molar-refractivity contribution >= 4 is 0 Å². The van der Waals surface area contributed by atoms with E-state index in [-0.39, 0.29) is 24.0 Å². The summed E-state index contributed by atoms with van der Waals surface area (Å²) in [5.74, 6) is -0.00717. The van der Waals surface area contributed by atoms with Crippen molar-refractivity contribution in [3.05, 3.63) is 47.7 Å². The number of aliphatic hydroxyl groups is 1. The Bertz CT molecular complexity index is 597. The summed E-state index contributed by atoms with van der Waals surface area (Å²) >= 11 is 0. The molecule has 1 heterocycles. The summed E-state index contributed by atoms with van der Waals surface area (Å²) in [5, 5.41) is 18.4. The molecule has 0 spiro atoms. The van der Waals surface area contributed by atoms with Gasteiger partial charge in [-0.15, -0.1) is 0 Å². The minimum atomic E-state index is -4.46. The molecule has 0 aliphatic carbocycles. The zero-order valence-corrected chi connectivity index (χ0v) is 10.1. The number of nitrogens with zero attached hydrogens (tertiary/aromatic N) is 1. The van der Waals surface area contributed by atoms with Crippen molar-refractivity contribution in [3.63, 3.8) is 0 Å². The van der Waals surface area contributed by atoms with Gasteiger partial charge in [0.15, 0.2) is 0 Å². The molecule has 0 bridgehead atoms. The van der Waals surface area contributed by atoms with E-state index >= 15 is 0 Å². The summed E-state index contributed by atoms with van der Waals surface area (Å²) in [7, 11) is 0. The van der Waals surface area contributed by atoms with Gasteiger partial charge >= 0.3 is 6.18 Å². The van der Waals surface area contributed by atoms with E-state index in [0.717, 1.165) is 12.1 Å². The Balaban J connectivity index is 2.20. The molecule has 0 saturated heterocycles. The summed E-state index contributed by atoms with van der Waals surface area (Å²) in [6.45, 7) is -0.300. The van der Waals surface area contributed by atoms with Crippen LogP contribution in [0.25, 0.3) is 0 Å². The summed E-state index contributed by atoms with van der Waals surface area (Å²) in [6, 6.07) is 5.97. The normalized spacial score (nSPS) is 11.4. The average Bonchev–Trinajstić information content (AvgIpc) is 2.37. The van der Waals surface area contributed by atoms with Crippen molar-refractivity contribution in [1.82, 2.24) is 4.98 Å². The molecule has 0 saturated carbocycles. The lowest BCUT2D eigenvalue weighted by Gasteiger charge is -2.09. The predicted octanol–water partition coefficient (Wildman–Crippen LogP) is 3.09. The maximum Gasteiger partial charge on any atom is 0.417 e. The van der Waals surface area contributed by atoms with Gasteiger partial charge in [-0.05, 0) is 23.8 Å². The number of ether oxygens (including phenoxy) is 1. The van der Waals surface area contributed by atoms with Crippen molar-refractivity contribution in [2.75, 3.05) is 0 Å². The highest BCUT2D eigenvalue weighted by molar-refractivity contribution is 5.39. The number of phenolic OH excluding ortho intramolecular Hbond substituents is 1. The Hall–Kier alpha value is -2.28. The smallest absolute Gasteiger partial charge is 0.417 e. The van der Waals surface area contributed by atoms with E-state index in [0.29, 0.717) is 11.8 Å². The Morgan fingerprint density at radius 3 is 2.45 bits per heavy atom. The molecular weight excluding hydrogens is 275 g/mol. The highest BCUT2D eigenvalue weighted by atomic mass is 19.4. The fourth-order valence-electron chi connectivity index (χ4n) is 1.52. The molecule has 1 aromatic heterocycles. The molecule has 0 atom stereocenters. The second-order valence-electron chi connectivity index (χ2n) is 3.98. The number of pyridine rings is 1. The maximum absolute atomic E-state index is 12.4. The number of benzene rings is 1. The lowest BCUT2D eigenvalue weighted by molar-refractivity contribution is -0.137.